The zero-order valence-corrected chi connectivity index (χ0v) is 6.60. The molecule has 0 N–H and O–H groups in total. The van der Waals surface area contributed by atoms with Crippen LogP contribution in [0.15, 0.2) is 11.0 Å². The van der Waals surface area contributed by atoms with Crippen LogP contribution in [-0.4, -0.2) is 4.20 Å². The average molecular weight is 144 g/mol. The lowest BCUT2D eigenvalue weighted by molar-refractivity contribution is 1.04. The van der Waals surface area contributed by atoms with Crippen molar-refractivity contribution in [2.45, 2.75) is 13.8 Å². The Labute approximate surface area is 59.4 Å². The Morgan fingerprint density at radius 1 is 1.75 bits per heavy atom. The largest absolute Gasteiger partial charge is 0.0872 e. The third-order valence-corrected chi connectivity index (χ3v) is 2.77. The lowest BCUT2D eigenvalue weighted by Crippen LogP contribution is -1.92. The summed E-state index contributed by atoms with van der Waals surface area (Å²) < 4.78 is 1.11. The van der Waals surface area contributed by atoms with E-state index in [-0.39, 0.29) is 0 Å². The number of thioether (sulfide) groups is 1. The van der Waals surface area contributed by atoms with Crippen LogP contribution in [0.3, 0.4) is 0 Å². The summed E-state index contributed by atoms with van der Waals surface area (Å²) in [4.78, 5) is 1.35. The fourth-order valence-electron chi connectivity index (χ4n) is 0.706. The van der Waals surface area contributed by atoms with E-state index in [1.165, 1.54) is 4.91 Å². The van der Waals surface area contributed by atoms with Gasteiger partial charge >= 0.3 is 0 Å². The second-order valence-electron chi connectivity index (χ2n) is 1.99. The molecule has 1 aliphatic heterocycles. The molecule has 0 bridgehead atoms. The van der Waals surface area contributed by atoms with E-state index >= 15 is 0 Å². The Morgan fingerprint density at radius 2 is 2.38 bits per heavy atom. The molecule has 0 aromatic rings. The minimum absolute atomic E-state index is 0.523. The molecular weight excluding hydrogens is 136 g/mol. The highest BCUT2D eigenvalue weighted by Crippen LogP contribution is 2.30. The van der Waals surface area contributed by atoms with Crippen LogP contribution in [0.5, 0.6) is 0 Å². The van der Waals surface area contributed by atoms with Crippen molar-refractivity contribution in [3.63, 3.8) is 0 Å². The Bertz CT molecular complexity index is 147. The van der Waals surface area contributed by atoms with Crippen LogP contribution in [0.25, 0.3) is 0 Å². The van der Waals surface area contributed by atoms with Crippen LogP contribution in [0.4, 0.5) is 0 Å². The SMILES string of the molecule is CC1=CC(C)C(=S)S1. The molecule has 1 heterocycles. The minimum Gasteiger partial charge on any atom is -0.0872 e. The molecule has 0 saturated carbocycles. The monoisotopic (exact) mass is 144 g/mol. The maximum absolute atomic E-state index is 5.03. The number of thiocarbonyl (C=S) groups is 1. The van der Waals surface area contributed by atoms with Crippen LogP contribution in [0.2, 0.25) is 0 Å². The lowest BCUT2D eigenvalue weighted by atomic mass is 10.2. The molecule has 0 fully saturated rings. The van der Waals surface area contributed by atoms with Crippen LogP contribution in [-0.2, 0) is 0 Å². The Morgan fingerprint density at radius 3 is 2.50 bits per heavy atom. The number of rotatable bonds is 0. The first-order valence-electron chi connectivity index (χ1n) is 2.60. The maximum atomic E-state index is 5.03. The Balaban J connectivity index is 2.69. The van der Waals surface area contributed by atoms with Crippen molar-refractivity contribution in [1.82, 2.24) is 0 Å². The Kier molecular flexibility index (Phi) is 1.73. The topological polar surface area (TPSA) is 0 Å². The zero-order valence-electron chi connectivity index (χ0n) is 4.97. The van der Waals surface area contributed by atoms with Gasteiger partial charge in [-0.05, 0) is 11.8 Å². The Hall–Kier alpha value is 0.180. The van der Waals surface area contributed by atoms with E-state index in [9.17, 15) is 0 Å². The van der Waals surface area contributed by atoms with Crippen molar-refractivity contribution in [3.8, 4) is 0 Å². The highest BCUT2D eigenvalue weighted by atomic mass is 32.2. The molecule has 0 saturated heterocycles. The number of hydrogen-bond donors (Lipinski definition) is 0. The molecule has 0 radical (unpaired) electrons. The highest BCUT2D eigenvalue weighted by Gasteiger charge is 2.13. The third-order valence-electron chi connectivity index (χ3n) is 1.12. The van der Waals surface area contributed by atoms with E-state index in [1.54, 1.807) is 11.8 Å². The molecule has 0 aromatic carbocycles. The molecule has 0 nitrogen and oxygen atoms in total. The molecule has 0 amide bonds. The average Bonchev–Trinajstić information content (AvgIpc) is 1.85. The van der Waals surface area contributed by atoms with E-state index in [0.717, 1.165) is 4.20 Å². The lowest BCUT2D eigenvalue weighted by Gasteiger charge is -1.93. The second-order valence-corrected chi connectivity index (χ2v) is 3.97. The smallest absolute Gasteiger partial charge is 0.0589 e. The molecule has 0 aliphatic carbocycles. The quantitative estimate of drug-likeness (QED) is 0.479. The van der Waals surface area contributed by atoms with Crippen molar-refractivity contribution in [1.29, 1.82) is 0 Å². The van der Waals surface area contributed by atoms with Gasteiger partial charge in [-0.2, -0.15) is 0 Å². The van der Waals surface area contributed by atoms with Crippen LogP contribution in [0, 0.1) is 5.92 Å². The van der Waals surface area contributed by atoms with Gasteiger partial charge in [0, 0.05) is 5.92 Å². The van der Waals surface area contributed by atoms with E-state index < -0.39 is 0 Å². The third kappa shape index (κ3) is 1.12. The summed E-state index contributed by atoms with van der Waals surface area (Å²) in [5.74, 6) is 0.523. The van der Waals surface area contributed by atoms with Gasteiger partial charge in [0.25, 0.3) is 0 Å². The van der Waals surface area contributed by atoms with Gasteiger partial charge in [0.05, 0.1) is 4.20 Å². The van der Waals surface area contributed by atoms with Crippen molar-refractivity contribution >= 4 is 28.2 Å². The molecule has 44 valence electrons. The highest BCUT2D eigenvalue weighted by molar-refractivity contribution is 8.26. The van der Waals surface area contributed by atoms with Gasteiger partial charge in [0.1, 0.15) is 0 Å². The van der Waals surface area contributed by atoms with E-state index in [1.807, 2.05) is 0 Å². The van der Waals surface area contributed by atoms with Gasteiger partial charge < -0.3 is 0 Å². The first-order valence-corrected chi connectivity index (χ1v) is 3.83. The second kappa shape index (κ2) is 2.19. The van der Waals surface area contributed by atoms with Gasteiger partial charge in [0.15, 0.2) is 0 Å². The normalized spacial score (nSPS) is 28.5. The molecule has 0 aromatic heterocycles. The van der Waals surface area contributed by atoms with E-state index in [4.69, 9.17) is 12.2 Å². The van der Waals surface area contributed by atoms with E-state index in [0.29, 0.717) is 5.92 Å². The van der Waals surface area contributed by atoms with Gasteiger partial charge in [-0.3, -0.25) is 0 Å². The summed E-state index contributed by atoms with van der Waals surface area (Å²) in [6.07, 6.45) is 2.20. The zero-order chi connectivity index (χ0) is 6.15. The summed E-state index contributed by atoms with van der Waals surface area (Å²) in [5, 5.41) is 0. The van der Waals surface area contributed by atoms with Crippen LogP contribution >= 0.6 is 24.0 Å². The standard InChI is InChI=1S/C6H8S2/c1-4-3-5(2)8-6(4)7/h3-4H,1-2H3. The van der Waals surface area contributed by atoms with Gasteiger partial charge in [-0.25, -0.2) is 0 Å². The molecule has 1 atom stereocenters. The first-order chi connectivity index (χ1) is 3.70. The molecule has 1 unspecified atom stereocenters. The van der Waals surface area contributed by atoms with Crippen LogP contribution in [0.1, 0.15) is 13.8 Å². The summed E-state index contributed by atoms with van der Waals surface area (Å²) in [7, 11) is 0. The summed E-state index contributed by atoms with van der Waals surface area (Å²) >= 11 is 6.75. The summed E-state index contributed by atoms with van der Waals surface area (Å²) in [6.45, 7) is 4.23. The van der Waals surface area contributed by atoms with Crippen molar-refractivity contribution in [2.75, 3.05) is 0 Å². The van der Waals surface area contributed by atoms with Crippen molar-refractivity contribution in [3.05, 3.63) is 11.0 Å². The van der Waals surface area contributed by atoms with Gasteiger partial charge in [-0.15, -0.1) is 0 Å². The molecule has 1 rings (SSSR count). The van der Waals surface area contributed by atoms with Crippen LogP contribution < -0.4 is 0 Å². The molecule has 2 heteroatoms. The first kappa shape index (κ1) is 6.30. The molecular formula is C6H8S2. The van der Waals surface area contributed by atoms with E-state index in [2.05, 4.69) is 19.9 Å². The molecule has 1 aliphatic rings. The maximum Gasteiger partial charge on any atom is 0.0589 e. The summed E-state index contributed by atoms with van der Waals surface area (Å²) in [6, 6.07) is 0. The number of hydrogen-bond acceptors (Lipinski definition) is 2. The van der Waals surface area contributed by atoms with Gasteiger partial charge in [-0.1, -0.05) is 37.0 Å². The molecule has 0 spiro atoms. The van der Waals surface area contributed by atoms with Crippen molar-refractivity contribution in [2.24, 2.45) is 5.92 Å². The minimum atomic E-state index is 0.523. The predicted octanol–water partition coefficient (Wildman–Crippen LogP) is 2.60. The number of allylic oxidation sites excluding steroid dienone is 2. The summed E-state index contributed by atoms with van der Waals surface area (Å²) in [5.41, 5.74) is 0. The predicted molar refractivity (Wildman–Crippen MR) is 43.1 cm³/mol. The molecule has 8 heavy (non-hydrogen) atoms. The van der Waals surface area contributed by atoms with Gasteiger partial charge in [0.2, 0.25) is 0 Å². The van der Waals surface area contributed by atoms with Crippen molar-refractivity contribution < 1.29 is 0 Å². The fraction of sp³-hybridized carbons (Fsp3) is 0.500. The fourth-order valence-corrected chi connectivity index (χ4v) is 2.01.